The largest absolute Gasteiger partial charge is 0.204 e. The summed E-state index contributed by atoms with van der Waals surface area (Å²) in [4.78, 5) is 10.2. The SMILES string of the molecule is CCCCCCCCCCC(CCCC)OOOOCCCC. The van der Waals surface area contributed by atoms with E-state index < -0.39 is 0 Å². The van der Waals surface area contributed by atoms with E-state index in [1.165, 1.54) is 57.8 Å². The molecular weight excluding hydrogens is 292 g/mol. The highest BCUT2D eigenvalue weighted by Gasteiger charge is 2.10. The van der Waals surface area contributed by atoms with E-state index in [0.29, 0.717) is 6.61 Å². The average molecular weight is 333 g/mol. The summed E-state index contributed by atoms with van der Waals surface area (Å²) >= 11 is 0. The zero-order valence-electron chi connectivity index (χ0n) is 15.8. The molecule has 0 aromatic heterocycles. The summed E-state index contributed by atoms with van der Waals surface area (Å²) in [6, 6.07) is 0. The van der Waals surface area contributed by atoms with E-state index in [0.717, 1.165) is 32.1 Å². The van der Waals surface area contributed by atoms with Crippen molar-refractivity contribution in [1.29, 1.82) is 0 Å². The summed E-state index contributed by atoms with van der Waals surface area (Å²) in [5.74, 6) is 0. The minimum Gasteiger partial charge on any atom is -0.204 e. The van der Waals surface area contributed by atoms with E-state index in [2.05, 4.69) is 25.8 Å². The molecule has 0 spiro atoms. The minimum absolute atomic E-state index is 0.116. The normalized spacial score (nSPS) is 12.7. The maximum atomic E-state index is 5.34. The van der Waals surface area contributed by atoms with Crippen LogP contribution >= 0.6 is 0 Å². The molecule has 0 aromatic rings. The lowest BCUT2D eigenvalue weighted by atomic mass is 10.0. The van der Waals surface area contributed by atoms with Crippen LogP contribution in [0.3, 0.4) is 0 Å². The molecule has 0 N–H and O–H groups in total. The molecule has 1 unspecified atom stereocenters. The van der Waals surface area contributed by atoms with Crippen LogP contribution in [-0.4, -0.2) is 12.7 Å². The first kappa shape index (κ1) is 22.8. The van der Waals surface area contributed by atoms with E-state index in [1.54, 1.807) is 0 Å². The minimum atomic E-state index is 0.116. The zero-order chi connectivity index (χ0) is 17.0. The smallest absolute Gasteiger partial charge is 0.0962 e. The lowest BCUT2D eigenvalue weighted by Gasteiger charge is -2.14. The summed E-state index contributed by atoms with van der Waals surface area (Å²) in [6.45, 7) is 7.10. The van der Waals surface area contributed by atoms with Gasteiger partial charge in [0.2, 0.25) is 0 Å². The van der Waals surface area contributed by atoms with Crippen molar-refractivity contribution < 1.29 is 19.9 Å². The maximum Gasteiger partial charge on any atom is 0.0962 e. The van der Waals surface area contributed by atoms with Gasteiger partial charge in [0, 0.05) is 0 Å². The number of rotatable bonds is 19. The standard InChI is InChI=1S/C19H40O4/c1-4-7-10-11-12-13-14-15-17-19(16-8-5-2)21-23-22-20-18-9-6-3/h19H,4-18H2,1-3H3. The van der Waals surface area contributed by atoms with Crippen LogP contribution in [0.15, 0.2) is 0 Å². The first-order chi connectivity index (χ1) is 11.3. The van der Waals surface area contributed by atoms with Gasteiger partial charge in [0.15, 0.2) is 0 Å². The Hall–Kier alpha value is -0.160. The van der Waals surface area contributed by atoms with E-state index in [4.69, 9.17) is 14.8 Å². The predicted molar refractivity (Wildman–Crippen MR) is 94.7 cm³/mol. The molecule has 1 atom stereocenters. The van der Waals surface area contributed by atoms with Crippen molar-refractivity contribution in [3.63, 3.8) is 0 Å². The molecule has 0 rings (SSSR count). The monoisotopic (exact) mass is 332 g/mol. The van der Waals surface area contributed by atoms with Crippen LogP contribution in [0.5, 0.6) is 0 Å². The van der Waals surface area contributed by atoms with Crippen LogP contribution in [0, 0.1) is 0 Å². The Bertz CT molecular complexity index is 212. The third kappa shape index (κ3) is 18.0. The van der Waals surface area contributed by atoms with Crippen LogP contribution < -0.4 is 0 Å². The summed E-state index contributed by atoms with van der Waals surface area (Å²) in [6.07, 6.45) is 17.2. The van der Waals surface area contributed by atoms with Gasteiger partial charge in [-0.3, -0.25) is 0 Å². The molecule has 0 aliphatic carbocycles. The van der Waals surface area contributed by atoms with Gasteiger partial charge in [-0.15, -0.1) is 0 Å². The van der Waals surface area contributed by atoms with Gasteiger partial charge in [0.1, 0.15) is 0 Å². The van der Waals surface area contributed by atoms with Crippen molar-refractivity contribution >= 4 is 0 Å². The Labute approximate surface area is 144 Å². The number of hydrogen-bond acceptors (Lipinski definition) is 4. The molecule has 4 heteroatoms. The maximum absolute atomic E-state index is 5.34. The summed E-state index contributed by atoms with van der Waals surface area (Å²) in [5, 5.41) is 9.35. The highest BCUT2D eigenvalue weighted by Crippen LogP contribution is 2.16. The highest BCUT2D eigenvalue weighted by atomic mass is 17.7. The van der Waals surface area contributed by atoms with Gasteiger partial charge in [0.25, 0.3) is 0 Å². The van der Waals surface area contributed by atoms with Crippen LogP contribution in [0.2, 0.25) is 0 Å². The highest BCUT2D eigenvalue weighted by molar-refractivity contribution is 4.57. The molecule has 0 fully saturated rings. The van der Waals surface area contributed by atoms with E-state index in [-0.39, 0.29) is 6.10 Å². The van der Waals surface area contributed by atoms with Crippen LogP contribution in [-0.2, 0) is 19.9 Å². The van der Waals surface area contributed by atoms with Gasteiger partial charge in [0.05, 0.1) is 12.7 Å². The van der Waals surface area contributed by atoms with Crippen molar-refractivity contribution in [3.8, 4) is 0 Å². The molecule has 0 aliphatic heterocycles. The molecule has 0 bridgehead atoms. The average Bonchev–Trinajstić information content (AvgIpc) is 2.57. The molecule has 0 aromatic carbocycles. The molecule has 0 radical (unpaired) electrons. The molecule has 140 valence electrons. The van der Waals surface area contributed by atoms with Gasteiger partial charge < -0.3 is 0 Å². The van der Waals surface area contributed by atoms with E-state index in [9.17, 15) is 0 Å². The Kier molecular flexibility index (Phi) is 19.7. The van der Waals surface area contributed by atoms with Crippen LogP contribution in [0.1, 0.15) is 111 Å². The molecule has 0 aliphatic rings. The van der Waals surface area contributed by atoms with Gasteiger partial charge >= 0.3 is 0 Å². The molecule has 4 nitrogen and oxygen atoms in total. The zero-order valence-corrected chi connectivity index (χ0v) is 15.8. The molecule has 0 heterocycles. The first-order valence-corrected chi connectivity index (χ1v) is 9.96. The van der Waals surface area contributed by atoms with Crippen molar-refractivity contribution in [2.45, 2.75) is 117 Å². The first-order valence-electron chi connectivity index (χ1n) is 9.96. The lowest BCUT2D eigenvalue weighted by molar-refractivity contribution is -0.642. The van der Waals surface area contributed by atoms with Gasteiger partial charge in [-0.05, 0) is 29.3 Å². The fourth-order valence-electron chi connectivity index (χ4n) is 2.51. The second-order valence-electron chi connectivity index (χ2n) is 6.44. The molecule has 0 saturated heterocycles. The Morgan fingerprint density at radius 2 is 1.13 bits per heavy atom. The summed E-state index contributed by atoms with van der Waals surface area (Å²) in [5.41, 5.74) is 0. The fraction of sp³-hybridized carbons (Fsp3) is 1.00. The van der Waals surface area contributed by atoms with Crippen LogP contribution in [0.25, 0.3) is 0 Å². The number of unbranched alkanes of at least 4 members (excludes halogenated alkanes) is 9. The third-order valence-electron chi connectivity index (χ3n) is 4.09. The van der Waals surface area contributed by atoms with Crippen molar-refractivity contribution in [3.05, 3.63) is 0 Å². The van der Waals surface area contributed by atoms with Crippen molar-refractivity contribution in [2.24, 2.45) is 0 Å². The summed E-state index contributed by atoms with van der Waals surface area (Å²) in [7, 11) is 0. The van der Waals surface area contributed by atoms with Crippen molar-refractivity contribution in [2.75, 3.05) is 6.61 Å². The number of hydrogen-bond donors (Lipinski definition) is 0. The fourth-order valence-corrected chi connectivity index (χ4v) is 2.51. The second-order valence-corrected chi connectivity index (χ2v) is 6.44. The van der Waals surface area contributed by atoms with E-state index >= 15 is 0 Å². The predicted octanol–water partition coefficient (Wildman–Crippen LogP) is 6.69. The Morgan fingerprint density at radius 3 is 1.78 bits per heavy atom. The third-order valence-corrected chi connectivity index (χ3v) is 4.09. The van der Waals surface area contributed by atoms with Gasteiger partial charge in [-0.25, -0.2) is 9.78 Å². The lowest BCUT2D eigenvalue weighted by Crippen LogP contribution is -2.14. The molecule has 0 saturated carbocycles. The quantitative estimate of drug-likeness (QED) is 0.150. The molecule has 23 heavy (non-hydrogen) atoms. The topological polar surface area (TPSA) is 36.9 Å². The second kappa shape index (κ2) is 19.9. The van der Waals surface area contributed by atoms with Gasteiger partial charge in [-0.2, -0.15) is 0 Å². The molecule has 0 amide bonds. The van der Waals surface area contributed by atoms with Crippen molar-refractivity contribution in [1.82, 2.24) is 0 Å². The van der Waals surface area contributed by atoms with Gasteiger partial charge in [-0.1, -0.05) is 91.4 Å². The Balaban J connectivity index is 3.54. The Morgan fingerprint density at radius 1 is 0.565 bits per heavy atom. The van der Waals surface area contributed by atoms with E-state index in [1.807, 2.05) is 0 Å². The van der Waals surface area contributed by atoms with Crippen LogP contribution in [0.4, 0.5) is 0 Å². The molecular formula is C19H40O4. The summed E-state index contributed by atoms with van der Waals surface area (Å²) < 4.78 is 0.